The number of carbonyl (C=O) groups is 1. The number of rotatable bonds is 8. The predicted molar refractivity (Wildman–Crippen MR) is 87.0 cm³/mol. The Kier molecular flexibility index (Phi) is 8.99. The summed E-state index contributed by atoms with van der Waals surface area (Å²) in [5.41, 5.74) is 1.55. The van der Waals surface area contributed by atoms with Gasteiger partial charge in [-0.15, -0.1) is 0 Å². The molecule has 2 N–H and O–H groups in total. The van der Waals surface area contributed by atoms with Crippen LogP contribution in [-0.4, -0.2) is 17.6 Å². The minimum absolute atomic E-state index is 0.0444. The van der Waals surface area contributed by atoms with Crippen LogP contribution in [0.5, 0.6) is 0 Å². The summed E-state index contributed by atoms with van der Waals surface area (Å²) in [6.07, 6.45) is 6.70. The van der Waals surface area contributed by atoms with Crippen LogP contribution in [0.4, 0.5) is 5.69 Å². The number of benzene rings is 1. The molecule has 0 spiro atoms. The molecule has 0 saturated heterocycles. The molecule has 0 atom stereocenters. The number of amides is 1. The Morgan fingerprint density at radius 2 is 1.95 bits per heavy atom. The van der Waals surface area contributed by atoms with Crippen LogP contribution in [0.1, 0.15) is 57.4 Å². The van der Waals surface area contributed by atoms with Crippen LogP contribution in [0.25, 0.3) is 0 Å². The third kappa shape index (κ3) is 7.53. The lowest BCUT2D eigenvalue weighted by molar-refractivity contribution is -0.116. The average Bonchev–Trinajstić information content (AvgIpc) is 2.49. The third-order valence-electron chi connectivity index (χ3n) is 3.17. The van der Waals surface area contributed by atoms with E-state index in [-0.39, 0.29) is 12.5 Å². The SMILES string of the molecule is CCCCCCCC(=O)Nc1ccccc1C#CCCO. The summed E-state index contributed by atoms with van der Waals surface area (Å²) in [7, 11) is 0. The largest absolute Gasteiger partial charge is 0.395 e. The molecule has 114 valence electrons. The van der Waals surface area contributed by atoms with E-state index in [1.54, 1.807) is 0 Å². The van der Waals surface area contributed by atoms with E-state index < -0.39 is 0 Å². The Labute approximate surface area is 127 Å². The van der Waals surface area contributed by atoms with Gasteiger partial charge in [-0.3, -0.25) is 4.79 Å². The lowest BCUT2D eigenvalue weighted by atomic mass is 10.1. The quantitative estimate of drug-likeness (QED) is 0.565. The van der Waals surface area contributed by atoms with Crippen molar-refractivity contribution in [2.75, 3.05) is 11.9 Å². The zero-order valence-electron chi connectivity index (χ0n) is 12.8. The first-order valence-corrected chi connectivity index (χ1v) is 7.76. The normalized spacial score (nSPS) is 9.81. The molecule has 0 aromatic heterocycles. The number of unbranched alkanes of at least 4 members (excludes halogenated alkanes) is 4. The van der Waals surface area contributed by atoms with E-state index in [1.807, 2.05) is 24.3 Å². The summed E-state index contributed by atoms with van der Waals surface area (Å²) >= 11 is 0. The molecule has 3 nitrogen and oxygen atoms in total. The predicted octanol–water partition coefficient (Wildman–Crippen LogP) is 3.72. The van der Waals surface area contributed by atoms with Crippen molar-refractivity contribution in [3.05, 3.63) is 29.8 Å². The molecular weight excluding hydrogens is 262 g/mol. The highest BCUT2D eigenvalue weighted by Gasteiger charge is 2.05. The molecule has 0 heterocycles. The van der Waals surface area contributed by atoms with Gasteiger partial charge in [-0.05, 0) is 18.6 Å². The van der Waals surface area contributed by atoms with Gasteiger partial charge in [0.1, 0.15) is 0 Å². The maximum Gasteiger partial charge on any atom is 0.224 e. The van der Waals surface area contributed by atoms with Crippen molar-refractivity contribution in [3.8, 4) is 11.8 Å². The number of hydrogen-bond acceptors (Lipinski definition) is 2. The van der Waals surface area contributed by atoms with Gasteiger partial charge in [0.15, 0.2) is 0 Å². The number of anilines is 1. The smallest absolute Gasteiger partial charge is 0.224 e. The van der Waals surface area contributed by atoms with Gasteiger partial charge in [0, 0.05) is 18.4 Å². The Hall–Kier alpha value is -1.79. The van der Waals surface area contributed by atoms with E-state index in [4.69, 9.17) is 5.11 Å². The Morgan fingerprint density at radius 1 is 1.19 bits per heavy atom. The molecule has 3 heteroatoms. The van der Waals surface area contributed by atoms with Gasteiger partial charge in [-0.1, -0.05) is 56.6 Å². The van der Waals surface area contributed by atoms with Crippen molar-refractivity contribution >= 4 is 11.6 Å². The zero-order chi connectivity index (χ0) is 15.3. The van der Waals surface area contributed by atoms with E-state index in [0.29, 0.717) is 12.8 Å². The van der Waals surface area contributed by atoms with Crippen LogP contribution < -0.4 is 5.32 Å². The summed E-state index contributed by atoms with van der Waals surface area (Å²) in [4.78, 5) is 11.9. The highest BCUT2D eigenvalue weighted by atomic mass is 16.2. The second-order valence-electron chi connectivity index (χ2n) is 5.03. The number of hydrogen-bond donors (Lipinski definition) is 2. The van der Waals surface area contributed by atoms with E-state index in [9.17, 15) is 4.79 Å². The molecule has 0 aliphatic heterocycles. The maximum absolute atomic E-state index is 11.9. The fourth-order valence-corrected chi connectivity index (χ4v) is 2.02. The number of aliphatic hydroxyl groups is 1. The van der Waals surface area contributed by atoms with Crippen LogP contribution in [-0.2, 0) is 4.79 Å². The average molecular weight is 287 g/mol. The van der Waals surface area contributed by atoms with Crippen LogP contribution in [0, 0.1) is 11.8 Å². The summed E-state index contributed by atoms with van der Waals surface area (Å²) in [5.74, 6) is 5.90. The second kappa shape index (κ2) is 10.9. The molecule has 1 aromatic rings. The van der Waals surface area contributed by atoms with Crippen molar-refractivity contribution in [1.82, 2.24) is 0 Å². The first kappa shape index (κ1) is 17.3. The fraction of sp³-hybridized carbons (Fsp3) is 0.500. The number of para-hydroxylation sites is 1. The zero-order valence-corrected chi connectivity index (χ0v) is 12.8. The highest BCUT2D eigenvalue weighted by Crippen LogP contribution is 2.15. The molecule has 0 saturated carbocycles. The van der Waals surface area contributed by atoms with Gasteiger partial charge in [0.25, 0.3) is 0 Å². The van der Waals surface area contributed by atoms with Gasteiger partial charge >= 0.3 is 0 Å². The topological polar surface area (TPSA) is 49.3 Å². The summed E-state index contributed by atoms with van der Waals surface area (Å²) < 4.78 is 0. The highest BCUT2D eigenvalue weighted by molar-refractivity contribution is 5.92. The fourth-order valence-electron chi connectivity index (χ4n) is 2.02. The van der Waals surface area contributed by atoms with Crippen molar-refractivity contribution < 1.29 is 9.90 Å². The third-order valence-corrected chi connectivity index (χ3v) is 3.17. The molecule has 1 amide bonds. The first-order chi connectivity index (χ1) is 10.3. The molecule has 0 radical (unpaired) electrons. The first-order valence-electron chi connectivity index (χ1n) is 7.76. The lowest BCUT2D eigenvalue weighted by Gasteiger charge is -2.07. The van der Waals surface area contributed by atoms with E-state index in [1.165, 1.54) is 19.3 Å². The van der Waals surface area contributed by atoms with Gasteiger partial charge in [0.05, 0.1) is 12.3 Å². The van der Waals surface area contributed by atoms with Crippen molar-refractivity contribution in [3.63, 3.8) is 0 Å². The number of aliphatic hydroxyl groups excluding tert-OH is 1. The summed E-state index contributed by atoms with van der Waals surface area (Å²) in [6, 6.07) is 7.51. The molecule has 21 heavy (non-hydrogen) atoms. The van der Waals surface area contributed by atoms with E-state index in [0.717, 1.165) is 24.1 Å². The standard InChI is InChI=1S/C18H25NO2/c1-2-3-4-5-6-14-18(21)19-17-13-8-7-11-16(17)12-9-10-15-20/h7-8,11,13,20H,2-6,10,14-15H2,1H3,(H,19,21). The van der Waals surface area contributed by atoms with Crippen LogP contribution in [0.15, 0.2) is 24.3 Å². The van der Waals surface area contributed by atoms with Crippen LogP contribution in [0.2, 0.25) is 0 Å². The number of nitrogens with one attached hydrogen (secondary N) is 1. The second-order valence-corrected chi connectivity index (χ2v) is 5.03. The van der Waals surface area contributed by atoms with Crippen molar-refractivity contribution in [2.24, 2.45) is 0 Å². The lowest BCUT2D eigenvalue weighted by Crippen LogP contribution is -2.12. The van der Waals surface area contributed by atoms with E-state index >= 15 is 0 Å². The molecule has 0 aliphatic rings. The van der Waals surface area contributed by atoms with Crippen molar-refractivity contribution in [1.29, 1.82) is 0 Å². The van der Waals surface area contributed by atoms with Gasteiger partial charge in [0.2, 0.25) is 5.91 Å². The van der Waals surface area contributed by atoms with E-state index in [2.05, 4.69) is 24.1 Å². The maximum atomic E-state index is 11.9. The van der Waals surface area contributed by atoms with Gasteiger partial charge < -0.3 is 10.4 Å². The molecule has 0 bridgehead atoms. The summed E-state index contributed by atoms with van der Waals surface area (Å²) in [5, 5.41) is 11.7. The molecule has 1 rings (SSSR count). The van der Waals surface area contributed by atoms with Crippen LogP contribution in [0.3, 0.4) is 0 Å². The minimum atomic E-state index is 0.0444. The van der Waals surface area contributed by atoms with Gasteiger partial charge in [-0.2, -0.15) is 0 Å². The molecular formula is C18H25NO2. The van der Waals surface area contributed by atoms with Crippen molar-refractivity contribution in [2.45, 2.75) is 51.9 Å². The Balaban J connectivity index is 2.47. The summed E-state index contributed by atoms with van der Waals surface area (Å²) in [6.45, 7) is 2.24. The monoisotopic (exact) mass is 287 g/mol. The molecule has 0 fully saturated rings. The Morgan fingerprint density at radius 3 is 2.71 bits per heavy atom. The molecule has 1 aromatic carbocycles. The number of carbonyl (C=O) groups excluding carboxylic acids is 1. The van der Waals surface area contributed by atoms with Crippen LogP contribution >= 0.6 is 0 Å². The minimum Gasteiger partial charge on any atom is -0.395 e. The molecule has 0 aliphatic carbocycles. The van der Waals surface area contributed by atoms with Gasteiger partial charge in [-0.25, -0.2) is 0 Å². The Bertz CT molecular complexity index is 485. The molecule has 0 unspecified atom stereocenters.